The standard InChI is InChI=1S/C18H24N6O2S/c1-11(2)9-23(10-12(3)4)18(25)26-13-7-14(19)24-15(8-13)21-16(22-24)17-20-5-6-27-17/h5-8,11-12H,9-10,19H2,1-4H3. The molecule has 3 heterocycles. The van der Waals surface area contributed by atoms with Crippen molar-refractivity contribution in [3.8, 4) is 16.6 Å². The summed E-state index contributed by atoms with van der Waals surface area (Å²) >= 11 is 1.44. The third kappa shape index (κ3) is 4.54. The average molecular weight is 388 g/mol. The van der Waals surface area contributed by atoms with Crippen LogP contribution in [0.1, 0.15) is 27.7 Å². The highest BCUT2D eigenvalue weighted by atomic mass is 32.1. The van der Waals surface area contributed by atoms with Crippen LogP contribution in [-0.4, -0.2) is 43.7 Å². The van der Waals surface area contributed by atoms with Gasteiger partial charge in [-0.3, -0.25) is 0 Å². The van der Waals surface area contributed by atoms with E-state index >= 15 is 0 Å². The number of aromatic nitrogens is 4. The van der Waals surface area contributed by atoms with Crippen molar-refractivity contribution in [1.29, 1.82) is 0 Å². The van der Waals surface area contributed by atoms with E-state index in [0.717, 1.165) is 0 Å². The maximum Gasteiger partial charge on any atom is 0.415 e. The number of carbonyl (C=O) groups excluding carboxylic acids is 1. The lowest BCUT2D eigenvalue weighted by Crippen LogP contribution is -2.38. The monoisotopic (exact) mass is 388 g/mol. The summed E-state index contributed by atoms with van der Waals surface area (Å²) in [6, 6.07) is 3.23. The molecule has 0 saturated heterocycles. The second-order valence-electron chi connectivity index (χ2n) is 7.22. The molecule has 3 aromatic heterocycles. The van der Waals surface area contributed by atoms with Crippen LogP contribution in [0.25, 0.3) is 16.5 Å². The molecule has 0 radical (unpaired) electrons. The smallest absolute Gasteiger partial charge is 0.410 e. The number of ether oxygens (including phenoxy) is 1. The molecule has 1 amide bonds. The number of nitrogen functional groups attached to an aromatic ring is 1. The van der Waals surface area contributed by atoms with E-state index in [9.17, 15) is 4.79 Å². The van der Waals surface area contributed by atoms with Gasteiger partial charge in [0.2, 0.25) is 5.82 Å². The minimum atomic E-state index is -0.388. The third-order valence-electron chi connectivity index (χ3n) is 3.70. The minimum Gasteiger partial charge on any atom is -0.410 e. The number of hydrogen-bond donors (Lipinski definition) is 1. The van der Waals surface area contributed by atoms with Gasteiger partial charge in [-0.2, -0.15) is 4.52 Å². The molecule has 0 aliphatic carbocycles. The fourth-order valence-corrected chi connectivity index (χ4v) is 3.30. The molecule has 8 nitrogen and oxygen atoms in total. The van der Waals surface area contributed by atoms with E-state index in [1.54, 1.807) is 23.2 Å². The van der Waals surface area contributed by atoms with Gasteiger partial charge in [-0.25, -0.2) is 14.8 Å². The zero-order valence-corrected chi connectivity index (χ0v) is 16.7. The molecule has 0 bridgehead atoms. The largest absolute Gasteiger partial charge is 0.415 e. The second kappa shape index (κ2) is 7.91. The Morgan fingerprint density at radius 3 is 2.56 bits per heavy atom. The molecular weight excluding hydrogens is 364 g/mol. The number of fused-ring (bicyclic) bond motifs is 1. The van der Waals surface area contributed by atoms with Crippen molar-refractivity contribution in [1.82, 2.24) is 24.5 Å². The number of nitrogens with two attached hydrogens (primary N) is 1. The van der Waals surface area contributed by atoms with E-state index < -0.39 is 0 Å². The highest BCUT2D eigenvalue weighted by molar-refractivity contribution is 7.13. The highest BCUT2D eigenvalue weighted by Gasteiger charge is 2.20. The van der Waals surface area contributed by atoms with Crippen LogP contribution in [0.5, 0.6) is 5.75 Å². The lowest BCUT2D eigenvalue weighted by Gasteiger charge is -2.25. The first-order valence-electron chi connectivity index (χ1n) is 8.86. The lowest BCUT2D eigenvalue weighted by atomic mass is 10.1. The van der Waals surface area contributed by atoms with Crippen LogP contribution in [-0.2, 0) is 0 Å². The van der Waals surface area contributed by atoms with Gasteiger partial charge in [-0.05, 0) is 11.8 Å². The van der Waals surface area contributed by atoms with Crippen molar-refractivity contribution in [3.63, 3.8) is 0 Å². The molecule has 9 heteroatoms. The van der Waals surface area contributed by atoms with Crippen LogP contribution in [0.2, 0.25) is 0 Å². The van der Waals surface area contributed by atoms with E-state index in [1.165, 1.54) is 15.9 Å². The number of nitrogens with zero attached hydrogens (tertiary/aromatic N) is 5. The van der Waals surface area contributed by atoms with Gasteiger partial charge in [0.1, 0.15) is 11.6 Å². The van der Waals surface area contributed by atoms with E-state index in [1.807, 2.05) is 5.38 Å². The Balaban J connectivity index is 1.84. The average Bonchev–Trinajstić information content (AvgIpc) is 3.22. The molecular formula is C18H24N6O2S. The fraction of sp³-hybridized carbons (Fsp3) is 0.444. The molecule has 2 N–H and O–H groups in total. The molecule has 0 atom stereocenters. The van der Waals surface area contributed by atoms with Gasteiger partial charge in [0.15, 0.2) is 10.7 Å². The molecule has 0 fully saturated rings. The molecule has 3 aromatic rings. The number of amides is 1. The quantitative estimate of drug-likeness (QED) is 0.693. The lowest BCUT2D eigenvalue weighted by molar-refractivity contribution is 0.140. The molecule has 3 rings (SSSR count). The first-order valence-corrected chi connectivity index (χ1v) is 9.74. The Kier molecular flexibility index (Phi) is 5.59. The van der Waals surface area contributed by atoms with Gasteiger partial charge >= 0.3 is 6.09 Å². The topological polar surface area (TPSA) is 98.6 Å². The zero-order valence-electron chi connectivity index (χ0n) is 15.9. The van der Waals surface area contributed by atoms with Crippen molar-refractivity contribution in [2.75, 3.05) is 18.8 Å². The van der Waals surface area contributed by atoms with Crippen LogP contribution in [0, 0.1) is 11.8 Å². The van der Waals surface area contributed by atoms with Gasteiger partial charge in [0, 0.05) is 36.8 Å². The Bertz CT molecular complexity index is 909. The predicted octanol–water partition coefficient (Wildman–Crippen LogP) is 3.55. The second-order valence-corrected chi connectivity index (χ2v) is 8.11. The fourth-order valence-electron chi connectivity index (χ4n) is 2.74. The summed E-state index contributed by atoms with van der Waals surface area (Å²) in [5.74, 6) is 1.87. The molecule has 0 aliphatic heterocycles. The van der Waals surface area contributed by atoms with Crippen LogP contribution >= 0.6 is 11.3 Å². The Hall–Kier alpha value is -2.68. The summed E-state index contributed by atoms with van der Waals surface area (Å²) in [7, 11) is 0. The number of pyridine rings is 1. The van der Waals surface area contributed by atoms with Crippen molar-refractivity contribution in [2.45, 2.75) is 27.7 Å². The van der Waals surface area contributed by atoms with Crippen molar-refractivity contribution >= 4 is 28.9 Å². The highest BCUT2D eigenvalue weighted by Crippen LogP contribution is 2.24. The summed E-state index contributed by atoms with van der Waals surface area (Å²) in [5, 5.41) is 6.93. The maximum atomic E-state index is 12.6. The Morgan fingerprint density at radius 2 is 1.96 bits per heavy atom. The van der Waals surface area contributed by atoms with Gasteiger partial charge in [0.05, 0.1) is 0 Å². The molecule has 144 valence electrons. The summed E-state index contributed by atoms with van der Waals surface area (Å²) < 4.78 is 7.09. The maximum absolute atomic E-state index is 12.6. The normalized spacial score (nSPS) is 11.5. The Morgan fingerprint density at radius 1 is 1.26 bits per heavy atom. The van der Waals surface area contributed by atoms with E-state index in [0.29, 0.717) is 53.0 Å². The first kappa shape index (κ1) is 19.1. The number of anilines is 1. The zero-order chi connectivity index (χ0) is 19.6. The van der Waals surface area contributed by atoms with E-state index in [2.05, 4.69) is 42.8 Å². The summed E-state index contributed by atoms with van der Waals surface area (Å²) in [4.78, 5) is 23.0. The number of rotatable bonds is 6. The van der Waals surface area contributed by atoms with Crippen LogP contribution in [0.3, 0.4) is 0 Å². The Labute approximate surface area is 162 Å². The van der Waals surface area contributed by atoms with Crippen molar-refractivity contribution in [3.05, 3.63) is 23.7 Å². The molecule has 0 unspecified atom stereocenters. The molecule has 0 saturated carbocycles. The molecule has 0 aliphatic rings. The predicted molar refractivity (Wildman–Crippen MR) is 106 cm³/mol. The van der Waals surface area contributed by atoms with Crippen molar-refractivity contribution in [2.24, 2.45) is 11.8 Å². The van der Waals surface area contributed by atoms with Gasteiger partial charge in [0.25, 0.3) is 0 Å². The minimum absolute atomic E-state index is 0.338. The summed E-state index contributed by atoms with van der Waals surface area (Å²) in [6.45, 7) is 9.55. The van der Waals surface area contributed by atoms with Gasteiger partial charge in [-0.1, -0.05) is 27.7 Å². The van der Waals surface area contributed by atoms with Gasteiger partial charge in [-0.15, -0.1) is 16.4 Å². The SMILES string of the molecule is CC(C)CN(CC(C)C)C(=O)Oc1cc(N)n2nc(-c3nccs3)nc2c1. The van der Waals surface area contributed by atoms with E-state index in [4.69, 9.17) is 10.5 Å². The van der Waals surface area contributed by atoms with Crippen molar-refractivity contribution < 1.29 is 9.53 Å². The molecule has 0 aromatic carbocycles. The molecule has 27 heavy (non-hydrogen) atoms. The third-order valence-corrected chi connectivity index (χ3v) is 4.47. The number of hydrogen-bond acceptors (Lipinski definition) is 7. The number of thiazole rings is 1. The van der Waals surface area contributed by atoms with Crippen LogP contribution in [0.15, 0.2) is 23.7 Å². The van der Waals surface area contributed by atoms with Gasteiger partial charge < -0.3 is 15.4 Å². The summed E-state index contributed by atoms with van der Waals surface area (Å²) in [6.07, 6.45) is 1.31. The number of carbonyl (C=O) groups is 1. The molecule has 0 spiro atoms. The van der Waals surface area contributed by atoms with Crippen LogP contribution in [0.4, 0.5) is 10.6 Å². The van der Waals surface area contributed by atoms with Crippen LogP contribution < -0.4 is 10.5 Å². The first-order chi connectivity index (χ1) is 12.8. The van der Waals surface area contributed by atoms with E-state index in [-0.39, 0.29) is 6.09 Å². The summed E-state index contributed by atoms with van der Waals surface area (Å²) in [5.41, 5.74) is 6.58.